The van der Waals surface area contributed by atoms with Crippen LogP contribution in [0.25, 0.3) is 0 Å². The summed E-state index contributed by atoms with van der Waals surface area (Å²) < 4.78 is 5.57. The number of hydrogen-bond acceptors (Lipinski definition) is 4. The van der Waals surface area contributed by atoms with Crippen molar-refractivity contribution >= 4 is 17.7 Å². The fourth-order valence-corrected chi connectivity index (χ4v) is 3.14. The molecule has 1 aliphatic carbocycles. The van der Waals surface area contributed by atoms with Crippen LogP contribution in [0.3, 0.4) is 0 Å². The van der Waals surface area contributed by atoms with Gasteiger partial charge in [0.15, 0.2) is 11.5 Å². The van der Waals surface area contributed by atoms with E-state index >= 15 is 0 Å². The smallest absolute Gasteiger partial charge is 0.326 e. The maximum atomic E-state index is 12.5. The lowest BCUT2D eigenvalue weighted by molar-refractivity contribution is -0.139. The molecule has 0 aliphatic heterocycles. The molecule has 0 spiro atoms. The highest BCUT2D eigenvalue weighted by Gasteiger charge is 2.30. The topological polar surface area (TPSA) is 96.6 Å². The Labute approximate surface area is 144 Å². The zero-order chi connectivity index (χ0) is 18.0. The van der Waals surface area contributed by atoms with E-state index in [1.165, 1.54) is 0 Å². The number of nitrogens with one attached hydrogen (secondary N) is 1. The van der Waals surface area contributed by atoms with E-state index in [9.17, 15) is 19.5 Å². The largest absolute Gasteiger partial charge is 0.480 e. The monoisotopic (exact) mass is 341 g/mol. The number of carboxylic acids is 1. The van der Waals surface area contributed by atoms with E-state index < -0.39 is 17.9 Å². The van der Waals surface area contributed by atoms with Crippen LogP contribution in [-0.2, 0) is 17.6 Å². The molecule has 0 saturated heterocycles. The molecule has 0 radical (unpaired) electrons. The van der Waals surface area contributed by atoms with Crippen LogP contribution in [-0.4, -0.2) is 28.8 Å². The molecule has 1 atom stereocenters. The molecular weight excluding hydrogens is 322 g/mol. The third-order valence-electron chi connectivity index (χ3n) is 4.40. The van der Waals surface area contributed by atoms with E-state index in [2.05, 4.69) is 5.32 Å². The lowest BCUT2D eigenvalue weighted by Crippen LogP contribution is -2.42. The number of carbonyl (C=O) groups excluding carboxylic acids is 2. The van der Waals surface area contributed by atoms with Crippen molar-refractivity contribution in [3.63, 3.8) is 0 Å². The number of aryl methyl sites for hydroxylation is 1. The number of amides is 1. The Kier molecular flexibility index (Phi) is 4.70. The van der Waals surface area contributed by atoms with Crippen molar-refractivity contribution in [2.45, 2.75) is 38.6 Å². The predicted octanol–water partition coefficient (Wildman–Crippen LogP) is 2.53. The van der Waals surface area contributed by atoms with Crippen molar-refractivity contribution in [3.8, 4) is 0 Å². The molecule has 1 aromatic heterocycles. The normalized spacial score (nSPS) is 14.7. The first-order valence-electron chi connectivity index (χ1n) is 8.20. The molecule has 130 valence electrons. The second-order valence-corrected chi connectivity index (χ2v) is 6.19. The molecule has 1 aliphatic rings. The molecule has 0 saturated carbocycles. The quantitative estimate of drug-likeness (QED) is 0.871. The number of rotatable bonds is 5. The summed E-state index contributed by atoms with van der Waals surface area (Å²) in [6.45, 7) is 1.66. The van der Waals surface area contributed by atoms with Crippen molar-refractivity contribution in [1.82, 2.24) is 5.32 Å². The van der Waals surface area contributed by atoms with Crippen molar-refractivity contribution in [1.29, 1.82) is 0 Å². The molecule has 1 aromatic carbocycles. The van der Waals surface area contributed by atoms with Gasteiger partial charge in [0, 0.05) is 24.8 Å². The molecule has 6 nitrogen and oxygen atoms in total. The van der Waals surface area contributed by atoms with Crippen molar-refractivity contribution in [2.24, 2.45) is 0 Å². The number of ketones is 1. The molecule has 3 rings (SSSR count). The Morgan fingerprint density at radius 2 is 1.96 bits per heavy atom. The van der Waals surface area contributed by atoms with Gasteiger partial charge in [0.2, 0.25) is 0 Å². The summed E-state index contributed by atoms with van der Waals surface area (Å²) in [5.41, 5.74) is 1.77. The predicted molar refractivity (Wildman–Crippen MR) is 89.7 cm³/mol. The second-order valence-electron chi connectivity index (χ2n) is 6.19. The highest BCUT2D eigenvalue weighted by Crippen LogP contribution is 2.29. The number of fused-ring (bicyclic) bond motifs is 1. The van der Waals surface area contributed by atoms with Crippen molar-refractivity contribution in [2.75, 3.05) is 0 Å². The SMILES string of the molecule is Cc1c(C(=O)N[C@H](Cc2ccccc2)C(=O)O)oc2c1C(=O)CCC2. The van der Waals surface area contributed by atoms with Gasteiger partial charge < -0.3 is 14.8 Å². The van der Waals surface area contributed by atoms with Gasteiger partial charge in [-0.3, -0.25) is 9.59 Å². The highest BCUT2D eigenvalue weighted by atomic mass is 16.4. The van der Waals surface area contributed by atoms with E-state index in [4.69, 9.17) is 4.42 Å². The maximum Gasteiger partial charge on any atom is 0.326 e. The minimum absolute atomic E-state index is 0.0272. The standard InChI is InChI=1S/C19H19NO5/c1-11-16-14(21)8-5-9-15(16)25-17(11)18(22)20-13(19(23)24)10-12-6-3-2-4-7-12/h2-4,6-7,13H,5,8-10H2,1H3,(H,20,22)(H,23,24)/t13-/m1/s1. The first-order chi connectivity index (χ1) is 12.0. The molecule has 1 amide bonds. The Balaban J connectivity index is 1.80. The van der Waals surface area contributed by atoms with E-state index in [0.717, 1.165) is 5.56 Å². The number of benzene rings is 1. The Bertz CT molecular complexity index is 822. The zero-order valence-electron chi connectivity index (χ0n) is 13.9. The summed E-state index contributed by atoms with van der Waals surface area (Å²) in [4.78, 5) is 36.0. The highest BCUT2D eigenvalue weighted by molar-refractivity contribution is 6.04. The van der Waals surface area contributed by atoms with Gasteiger partial charge in [-0.05, 0) is 18.9 Å². The van der Waals surface area contributed by atoms with Crippen LogP contribution in [0.1, 0.15) is 50.6 Å². The summed E-state index contributed by atoms with van der Waals surface area (Å²) in [5.74, 6) is -1.21. The number of carbonyl (C=O) groups is 3. The maximum absolute atomic E-state index is 12.5. The molecule has 0 unspecified atom stereocenters. The second kappa shape index (κ2) is 6.93. The molecular formula is C19H19NO5. The molecule has 0 fully saturated rings. The first kappa shape index (κ1) is 17.0. The summed E-state index contributed by atoms with van der Waals surface area (Å²) in [5, 5.41) is 11.9. The van der Waals surface area contributed by atoms with Gasteiger partial charge in [0.05, 0.1) is 5.56 Å². The van der Waals surface area contributed by atoms with Crippen LogP contribution in [0, 0.1) is 6.92 Å². The molecule has 2 aromatic rings. The summed E-state index contributed by atoms with van der Waals surface area (Å²) in [7, 11) is 0. The van der Waals surface area contributed by atoms with Gasteiger partial charge in [0.25, 0.3) is 5.91 Å². The summed E-state index contributed by atoms with van der Waals surface area (Å²) in [6.07, 6.45) is 1.92. The van der Waals surface area contributed by atoms with Gasteiger partial charge >= 0.3 is 5.97 Å². The minimum atomic E-state index is -1.12. The lowest BCUT2D eigenvalue weighted by Gasteiger charge is -2.14. The Morgan fingerprint density at radius 3 is 2.60 bits per heavy atom. The van der Waals surface area contributed by atoms with Crippen LogP contribution in [0.2, 0.25) is 0 Å². The van der Waals surface area contributed by atoms with Crippen LogP contribution in [0.5, 0.6) is 0 Å². The number of Topliss-reactive ketones (excluding diaryl/α,β-unsaturated/α-hetero) is 1. The van der Waals surface area contributed by atoms with Gasteiger partial charge in [-0.25, -0.2) is 4.79 Å². The van der Waals surface area contributed by atoms with Crippen molar-refractivity contribution in [3.05, 3.63) is 58.5 Å². The number of carboxylic acid groups (broad SMARTS) is 1. The van der Waals surface area contributed by atoms with E-state index in [1.807, 2.05) is 18.2 Å². The molecule has 0 bridgehead atoms. The lowest BCUT2D eigenvalue weighted by atomic mass is 9.94. The molecule has 6 heteroatoms. The van der Waals surface area contributed by atoms with Gasteiger partial charge in [-0.1, -0.05) is 30.3 Å². The van der Waals surface area contributed by atoms with Gasteiger partial charge in [0.1, 0.15) is 11.8 Å². The fourth-order valence-electron chi connectivity index (χ4n) is 3.14. The first-order valence-corrected chi connectivity index (χ1v) is 8.20. The van der Waals surface area contributed by atoms with Crippen LogP contribution in [0.4, 0.5) is 0 Å². The number of furan rings is 1. The van der Waals surface area contributed by atoms with Crippen LogP contribution >= 0.6 is 0 Å². The summed E-state index contributed by atoms with van der Waals surface area (Å²) in [6, 6.07) is 7.99. The van der Waals surface area contributed by atoms with Gasteiger partial charge in [-0.15, -0.1) is 0 Å². The van der Waals surface area contributed by atoms with Crippen molar-refractivity contribution < 1.29 is 23.9 Å². The minimum Gasteiger partial charge on any atom is -0.480 e. The number of hydrogen-bond donors (Lipinski definition) is 2. The average molecular weight is 341 g/mol. The van der Waals surface area contributed by atoms with E-state index in [0.29, 0.717) is 36.1 Å². The molecule has 25 heavy (non-hydrogen) atoms. The number of aliphatic carboxylic acids is 1. The fraction of sp³-hybridized carbons (Fsp3) is 0.316. The third kappa shape index (κ3) is 3.47. The van der Waals surface area contributed by atoms with E-state index in [1.54, 1.807) is 19.1 Å². The van der Waals surface area contributed by atoms with Gasteiger partial charge in [-0.2, -0.15) is 0 Å². The van der Waals surface area contributed by atoms with Crippen LogP contribution in [0.15, 0.2) is 34.7 Å². The van der Waals surface area contributed by atoms with E-state index in [-0.39, 0.29) is 18.0 Å². The third-order valence-corrected chi connectivity index (χ3v) is 4.40. The summed E-state index contributed by atoms with van der Waals surface area (Å²) >= 11 is 0. The zero-order valence-corrected chi connectivity index (χ0v) is 13.9. The molecule has 1 heterocycles. The van der Waals surface area contributed by atoms with Crippen LogP contribution < -0.4 is 5.32 Å². The molecule has 2 N–H and O–H groups in total. The Morgan fingerprint density at radius 1 is 1.24 bits per heavy atom. The Hall–Kier alpha value is -2.89. The average Bonchev–Trinajstić information content (AvgIpc) is 2.93.